The third kappa shape index (κ3) is 4.58. The Morgan fingerprint density at radius 3 is 2.88 bits per heavy atom. The van der Waals surface area contributed by atoms with Crippen molar-refractivity contribution in [1.29, 1.82) is 0 Å². The largest absolute Gasteiger partial charge is 0.489 e. The van der Waals surface area contributed by atoms with Gasteiger partial charge in [0.2, 0.25) is 5.95 Å². The van der Waals surface area contributed by atoms with E-state index in [1.807, 2.05) is 30.3 Å². The van der Waals surface area contributed by atoms with Crippen molar-refractivity contribution in [2.75, 3.05) is 55.1 Å². The van der Waals surface area contributed by atoms with Crippen LogP contribution < -0.4 is 30.9 Å². The van der Waals surface area contributed by atoms with Crippen LogP contribution in [-0.4, -0.2) is 55.6 Å². The van der Waals surface area contributed by atoms with Crippen LogP contribution in [0.3, 0.4) is 0 Å². The highest BCUT2D eigenvalue weighted by atomic mass is 35.5. The monoisotopic (exact) mass is 498 g/mol. The van der Waals surface area contributed by atoms with Gasteiger partial charge in [-0.2, -0.15) is 4.98 Å². The van der Waals surface area contributed by atoms with Gasteiger partial charge in [-0.25, -0.2) is 4.98 Å². The van der Waals surface area contributed by atoms with Gasteiger partial charge in [-0.1, -0.05) is 23.7 Å². The number of nitrogens with zero attached hydrogens (tertiary/aromatic N) is 3. The van der Waals surface area contributed by atoms with E-state index in [1.165, 1.54) is 0 Å². The van der Waals surface area contributed by atoms with Gasteiger partial charge in [-0.05, 0) is 44.0 Å². The second-order valence-electron chi connectivity index (χ2n) is 9.01. The minimum atomic E-state index is -2.49. The normalized spacial score (nSPS) is 17.4. The number of hydrogen-bond acceptors (Lipinski definition) is 8. The van der Waals surface area contributed by atoms with Crippen LogP contribution in [0.2, 0.25) is 5.02 Å². The molecule has 3 N–H and O–H groups in total. The molecule has 0 amide bonds. The molecular weight excluding hydrogens is 471 g/mol. The maximum Gasteiger partial charge on any atom is 0.229 e. The van der Waals surface area contributed by atoms with E-state index in [-0.39, 0.29) is 0 Å². The predicted octanol–water partition coefficient (Wildman–Crippen LogP) is 4.34. The van der Waals surface area contributed by atoms with Crippen LogP contribution >= 0.6 is 18.7 Å². The molecule has 5 rings (SSSR count). The van der Waals surface area contributed by atoms with Crippen molar-refractivity contribution in [3.8, 4) is 5.75 Å². The van der Waals surface area contributed by atoms with E-state index in [2.05, 4.69) is 43.8 Å². The van der Waals surface area contributed by atoms with Crippen LogP contribution in [0.15, 0.2) is 42.6 Å². The Morgan fingerprint density at radius 2 is 2.06 bits per heavy atom. The first-order valence-corrected chi connectivity index (χ1v) is 14.2. The number of anilines is 5. The summed E-state index contributed by atoms with van der Waals surface area (Å²) in [6.07, 6.45) is 1.55. The molecule has 2 aromatic carbocycles. The van der Waals surface area contributed by atoms with Gasteiger partial charge in [-0.15, -0.1) is 0 Å². The van der Waals surface area contributed by atoms with Crippen molar-refractivity contribution in [3.05, 3.63) is 53.2 Å². The maximum atomic E-state index is 12.7. The van der Waals surface area contributed by atoms with Crippen LogP contribution in [0.25, 0.3) is 0 Å². The molecule has 2 aliphatic heterocycles. The standard InChI is InChI=1S/C24H28ClN6O2P/c1-15-10-16(11-20-22(15)31-9-8-26-12-17(31)14-33-20)28-24-27-13-18(25)23(30-24)29-19-6-4-5-7-21(19)34(2,3)32/h4-7,10-11,13,17,26H,8-9,12,14H2,1-3H3,(H2,27,28,29,30). The van der Waals surface area contributed by atoms with Crippen molar-refractivity contribution in [3.63, 3.8) is 0 Å². The molecule has 1 atom stereocenters. The average molecular weight is 499 g/mol. The predicted molar refractivity (Wildman–Crippen MR) is 140 cm³/mol. The van der Waals surface area contributed by atoms with Gasteiger partial charge in [0.05, 0.1) is 23.6 Å². The third-order valence-electron chi connectivity index (χ3n) is 6.07. The fourth-order valence-electron chi connectivity index (χ4n) is 4.51. The van der Waals surface area contributed by atoms with Gasteiger partial charge >= 0.3 is 0 Å². The van der Waals surface area contributed by atoms with E-state index in [9.17, 15) is 4.57 Å². The van der Waals surface area contributed by atoms with E-state index in [0.717, 1.165) is 47.6 Å². The number of piperazine rings is 1. The first kappa shape index (κ1) is 23.0. The summed E-state index contributed by atoms with van der Waals surface area (Å²) >= 11 is 6.39. The van der Waals surface area contributed by atoms with Crippen molar-refractivity contribution >= 4 is 52.9 Å². The second kappa shape index (κ2) is 9.10. The summed E-state index contributed by atoms with van der Waals surface area (Å²) < 4.78 is 18.8. The van der Waals surface area contributed by atoms with Gasteiger partial charge in [0.15, 0.2) is 5.82 Å². The smallest absolute Gasteiger partial charge is 0.229 e. The number of aromatic nitrogens is 2. The Kier molecular flexibility index (Phi) is 6.15. The lowest BCUT2D eigenvalue weighted by molar-refractivity contribution is 0.247. The summed E-state index contributed by atoms with van der Waals surface area (Å²) in [6, 6.07) is 11.9. The molecule has 1 saturated heterocycles. The molecule has 0 spiro atoms. The summed E-state index contributed by atoms with van der Waals surface area (Å²) in [6.45, 7) is 9.11. The summed E-state index contributed by atoms with van der Waals surface area (Å²) in [5, 5.41) is 11.1. The second-order valence-corrected chi connectivity index (χ2v) is 12.6. The zero-order valence-corrected chi connectivity index (χ0v) is 21.1. The Labute approximate surface area is 204 Å². The fourth-order valence-corrected chi connectivity index (χ4v) is 5.80. The molecule has 10 heteroatoms. The quantitative estimate of drug-likeness (QED) is 0.447. The Balaban J connectivity index is 1.41. The molecule has 3 heterocycles. The van der Waals surface area contributed by atoms with Crippen molar-refractivity contribution in [1.82, 2.24) is 15.3 Å². The van der Waals surface area contributed by atoms with Gasteiger partial charge in [0.25, 0.3) is 0 Å². The lowest BCUT2D eigenvalue weighted by atomic mass is 10.0. The van der Waals surface area contributed by atoms with E-state index in [1.54, 1.807) is 19.5 Å². The third-order valence-corrected chi connectivity index (χ3v) is 7.90. The van der Waals surface area contributed by atoms with Crippen LogP contribution in [0.4, 0.5) is 28.8 Å². The molecule has 0 saturated carbocycles. The number of para-hydroxylation sites is 1. The van der Waals surface area contributed by atoms with Crippen LogP contribution in [0, 0.1) is 6.92 Å². The Morgan fingerprint density at radius 1 is 1.24 bits per heavy atom. The number of fused-ring (bicyclic) bond motifs is 3. The number of hydrogen-bond donors (Lipinski definition) is 3. The van der Waals surface area contributed by atoms with Crippen LogP contribution in [-0.2, 0) is 4.57 Å². The molecule has 0 bridgehead atoms. The number of benzene rings is 2. The molecule has 8 nitrogen and oxygen atoms in total. The number of nitrogens with one attached hydrogen (secondary N) is 3. The van der Waals surface area contributed by atoms with Crippen LogP contribution in [0.5, 0.6) is 5.75 Å². The highest BCUT2D eigenvalue weighted by Gasteiger charge is 2.31. The molecule has 178 valence electrons. The molecule has 3 aromatic rings. The summed E-state index contributed by atoms with van der Waals surface area (Å²) in [5.74, 6) is 1.70. The molecule has 0 aliphatic carbocycles. The molecule has 34 heavy (non-hydrogen) atoms. The SMILES string of the molecule is Cc1cc(Nc2ncc(Cl)c(Nc3ccccc3P(C)(C)=O)n2)cc2c1N1CCNCC1CO2. The molecular formula is C24H28ClN6O2P. The Bertz CT molecular complexity index is 1280. The van der Waals surface area contributed by atoms with Gasteiger partial charge in [0, 0.05) is 36.7 Å². The first-order chi connectivity index (χ1) is 16.3. The zero-order chi connectivity index (χ0) is 23.9. The molecule has 2 aliphatic rings. The van der Waals surface area contributed by atoms with E-state index < -0.39 is 7.14 Å². The lowest BCUT2D eigenvalue weighted by Gasteiger charge is -2.42. The minimum absolute atomic E-state index is 0.358. The molecule has 1 unspecified atom stereocenters. The zero-order valence-electron chi connectivity index (χ0n) is 19.4. The van der Waals surface area contributed by atoms with Crippen molar-refractivity contribution < 1.29 is 9.30 Å². The number of aryl methyl sites for hydroxylation is 1. The van der Waals surface area contributed by atoms with Crippen molar-refractivity contribution in [2.24, 2.45) is 0 Å². The topological polar surface area (TPSA) is 91.4 Å². The average Bonchev–Trinajstić information content (AvgIpc) is 2.80. The van der Waals surface area contributed by atoms with Gasteiger partial charge in [0.1, 0.15) is 24.5 Å². The van der Waals surface area contributed by atoms with Crippen LogP contribution in [0.1, 0.15) is 5.56 Å². The summed E-state index contributed by atoms with van der Waals surface area (Å²) in [5.41, 5.74) is 3.84. The van der Waals surface area contributed by atoms with Gasteiger partial charge < -0.3 is 30.2 Å². The lowest BCUT2D eigenvalue weighted by Crippen LogP contribution is -2.56. The number of rotatable bonds is 5. The van der Waals surface area contributed by atoms with Crippen molar-refractivity contribution in [2.45, 2.75) is 13.0 Å². The summed E-state index contributed by atoms with van der Waals surface area (Å²) in [4.78, 5) is 11.4. The Hall–Kier alpha value is -2.80. The fraction of sp³-hybridized carbons (Fsp3) is 0.333. The highest BCUT2D eigenvalue weighted by molar-refractivity contribution is 7.70. The van der Waals surface area contributed by atoms with E-state index in [4.69, 9.17) is 16.3 Å². The highest BCUT2D eigenvalue weighted by Crippen LogP contribution is 2.41. The first-order valence-electron chi connectivity index (χ1n) is 11.3. The molecule has 1 fully saturated rings. The molecule has 0 radical (unpaired) electrons. The van der Waals surface area contributed by atoms with Gasteiger partial charge in [-0.3, -0.25) is 0 Å². The number of halogens is 1. The minimum Gasteiger partial charge on any atom is -0.489 e. The molecule has 1 aromatic heterocycles. The number of ether oxygens (including phenoxy) is 1. The summed E-state index contributed by atoms with van der Waals surface area (Å²) in [7, 11) is -2.49. The van der Waals surface area contributed by atoms with E-state index >= 15 is 0 Å². The van der Waals surface area contributed by atoms with E-state index in [0.29, 0.717) is 35.1 Å². The maximum absolute atomic E-state index is 12.7.